The first-order valence-corrected chi connectivity index (χ1v) is 6.69. The van der Waals surface area contributed by atoms with Gasteiger partial charge >= 0.3 is 0 Å². The van der Waals surface area contributed by atoms with Gasteiger partial charge in [0, 0.05) is 13.1 Å². The van der Waals surface area contributed by atoms with E-state index in [2.05, 4.69) is 49.0 Å². The molecule has 0 atom stereocenters. The Kier molecular flexibility index (Phi) is 3.64. The van der Waals surface area contributed by atoms with Gasteiger partial charge in [-0.3, -0.25) is 0 Å². The lowest BCUT2D eigenvalue weighted by Crippen LogP contribution is -2.22. The first-order chi connectivity index (χ1) is 8.04. The van der Waals surface area contributed by atoms with E-state index in [4.69, 9.17) is 5.73 Å². The monoisotopic (exact) mass is 249 g/mol. The van der Waals surface area contributed by atoms with Gasteiger partial charge in [0.1, 0.15) is 0 Å². The number of nitrogens with zero attached hydrogens (tertiary/aromatic N) is 2. The predicted octanol–water partition coefficient (Wildman–Crippen LogP) is 2.97. The van der Waals surface area contributed by atoms with Crippen molar-refractivity contribution < 1.29 is 0 Å². The summed E-state index contributed by atoms with van der Waals surface area (Å²) in [4.78, 5) is 6.61. The van der Waals surface area contributed by atoms with E-state index in [1.807, 2.05) is 0 Å². The predicted molar refractivity (Wildman–Crippen MR) is 75.2 cm³/mol. The zero-order valence-electron chi connectivity index (χ0n) is 10.6. The first-order valence-electron chi connectivity index (χ1n) is 5.88. The number of hydrogen-bond donors (Lipinski definition) is 1. The molecule has 1 aromatic heterocycles. The molecule has 1 aromatic carbocycles. The smallest absolute Gasteiger partial charge is 0.181 e. The fraction of sp³-hybridized carbons (Fsp3) is 0.462. The number of rotatable bonds is 4. The lowest BCUT2D eigenvalue weighted by atomic mass is 10.1. The maximum absolute atomic E-state index is 5.70. The van der Waals surface area contributed by atoms with E-state index in [0.29, 0.717) is 11.0 Å². The Hall–Kier alpha value is -1.13. The molecule has 4 heteroatoms. The van der Waals surface area contributed by atoms with Gasteiger partial charge in [-0.05, 0) is 30.7 Å². The fourth-order valence-corrected chi connectivity index (χ4v) is 2.88. The molecule has 2 rings (SSSR count). The van der Waals surface area contributed by atoms with Gasteiger partial charge in [-0.15, -0.1) is 0 Å². The maximum Gasteiger partial charge on any atom is 0.181 e. The third-order valence-electron chi connectivity index (χ3n) is 2.60. The van der Waals surface area contributed by atoms with Crippen LogP contribution in [-0.4, -0.2) is 23.5 Å². The van der Waals surface area contributed by atoms with Crippen LogP contribution in [0.5, 0.6) is 0 Å². The number of benzene rings is 1. The summed E-state index contributed by atoms with van der Waals surface area (Å²) in [6.07, 6.45) is 0. The van der Waals surface area contributed by atoms with Crippen molar-refractivity contribution in [3.8, 4) is 0 Å². The number of thiazole rings is 1. The minimum Gasteiger partial charge on any atom is -0.375 e. The third kappa shape index (κ3) is 3.17. The second-order valence-electron chi connectivity index (χ2n) is 4.94. The summed E-state index contributed by atoms with van der Waals surface area (Å²) >= 11 is 1.56. The van der Waals surface area contributed by atoms with Gasteiger partial charge in [-0.2, -0.15) is 0 Å². The van der Waals surface area contributed by atoms with Crippen molar-refractivity contribution in [1.82, 2.24) is 9.88 Å². The number of nitrogen functional groups attached to an aromatic ring is 1. The summed E-state index contributed by atoms with van der Waals surface area (Å²) in [5, 5.41) is 0.646. The van der Waals surface area contributed by atoms with Crippen LogP contribution >= 0.6 is 11.3 Å². The zero-order chi connectivity index (χ0) is 12.4. The largest absolute Gasteiger partial charge is 0.375 e. The summed E-state index contributed by atoms with van der Waals surface area (Å²) in [6, 6.07) is 6.39. The molecule has 2 aromatic rings. The average Bonchev–Trinajstić information content (AvgIpc) is 2.55. The number of hydrogen-bond acceptors (Lipinski definition) is 4. The van der Waals surface area contributed by atoms with E-state index < -0.39 is 0 Å². The van der Waals surface area contributed by atoms with Crippen molar-refractivity contribution in [2.75, 3.05) is 19.3 Å². The molecule has 92 valence electrons. The minimum absolute atomic E-state index is 0.646. The van der Waals surface area contributed by atoms with Crippen molar-refractivity contribution in [3.05, 3.63) is 23.8 Å². The molecule has 1 heterocycles. The molecule has 17 heavy (non-hydrogen) atoms. The van der Waals surface area contributed by atoms with Crippen molar-refractivity contribution in [1.29, 1.82) is 0 Å². The molecule has 0 saturated heterocycles. The second-order valence-corrected chi connectivity index (χ2v) is 6.01. The van der Waals surface area contributed by atoms with Gasteiger partial charge in [-0.1, -0.05) is 31.3 Å². The Morgan fingerprint density at radius 2 is 2.18 bits per heavy atom. The van der Waals surface area contributed by atoms with E-state index in [0.717, 1.165) is 18.6 Å². The van der Waals surface area contributed by atoms with Gasteiger partial charge in [0.25, 0.3) is 0 Å². The van der Waals surface area contributed by atoms with Crippen LogP contribution in [0, 0.1) is 5.92 Å². The van der Waals surface area contributed by atoms with Gasteiger partial charge in [0.2, 0.25) is 0 Å². The van der Waals surface area contributed by atoms with E-state index in [9.17, 15) is 0 Å². The van der Waals surface area contributed by atoms with Crippen LogP contribution in [-0.2, 0) is 6.54 Å². The molecule has 2 N–H and O–H groups in total. The SMILES string of the molecule is CC(C)CN(C)Cc1ccc2nc(N)sc2c1. The molecule has 0 unspecified atom stereocenters. The Bertz CT molecular complexity index is 504. The Morgan fingerprint density at radius 1 is 1.41 bits per heavy atom. The van der Waals surface area contributed by atoms with Crippen LogP contribution in [0.1, 0.15) is 19.4 Å². The van der Waals surface area contributed by atoms with Crippen LogP contribution in [0.3, 0.4) is 0 Å². The molecule has 0 aliphatic carbocycles. The summed E-state index contributed by atoms with van der Waals surface area (Å²) in [5.41, 5.74) is 8.03. The quantitative estimate of drug-likeness (QED) is 0.906. The van der Waals surface area contributed by atoms with Crippen LogP contribution < -0.4 is 5.73 Å². The van der Waals surface area contributed by atoms with Crippen LogP contribution in [0.4, 0.5) is 5.13 Å². The van der Waals surface area contributed by atoms with Crippen LogP contribution in [0.15, 0.2) is 18.2 Å². The molecule has 0 radical (unpaired) electrons. The number of anilines is 1. The van der Waals surface area contributed by atoms with Crippen molar-refractivity contribution in [2.45, 2.75) is 20.4 Å². The summed E-state index contributed by atoms with van der Waals surface area (Å²) < 4.78 is 1.18. The average molecular weight is 249 g/mol. The molecule has 0 aliphatic rings. The Balaban J connectivity index is 2.13. The topological polar surface area (TPSA) is 42.2 Å². The number of aromatic nitrogens is 1. The van der Waals surface area contributed by atoms with Crippen LogP contribution in [0.25, 0.3) is 10.2 Å². The van der Waals surface area contributed by atoms with E-state index in [-0.39, 0.29) is 0 Å². The van der Waals surface area contributed by atoms with Gasteiger partial charge in [0.05, 0.1) is 10.2 Å². The minimum atomic E-state index is 0.646. The molecule has 0 aliphatic heterocycles. The summed E-state index contributed by atoms with van der Waals surface area (Å²) in [5.74, 6) is 0.697. The number of nitrogens with two attached hydrogens (primary N) is 1. The Morgan fingerprint density at radius 3 is 2.88 bits per heavy atom. The molecule has 0 bridgehead atoms. The highest BCUT2D eigenvalue weighted by molar-refractivity contribution is 7.22. The van der Waals surface area contributed by atoms with Crippen molar-refractivity contribution >= 4 is 26.7 Å². The zero-order valence-corrected chi connectivity index (χ0v) is 11.4. The molecule has 0 spiro atoms. The highest BCUT2D eigenvalue weighted by atomic mass is 32.1. The highest BCUT2D eigenvalue weighted by Crippen LogP contribution is 2.24. The van der Waals surface area contributed by atoms with E-state index >= 15 is 0 Å². The van der Waals surface area contributed by atoms with Crippen molar-refractivity contribution in [2.24, 2.45) is 5.92 Å². The lowest BCUT2D eigenvalue weighted by molar-refractivity contribution is 0.288. The van der Waals surface area contributed by atoms with Crippen molar-refractivity contribution in [3.63, 3.8) is 0 Å². The summed E-state index contributed by atoms with van der Waals surface area (Å²) in [7, 11) is 2.16. The number of fused-ring (bicyclic) bond motifs is 1. The second kappa shape index (κ2) is 5.02. The third-order valence-corrected chi connectivity index (χ3v) is 3.45. The van der Waals surface area contributed by atoms with E-state index in [1.165, 1.54) is 10.3 Å². The lowest BCUT2D eigenvalue weighted by Gasteiger charge is -2.18. The molecule has 0 amide bonds. The normalized spacial score (nSPS) is 11.8. The molecular weight excluding hydrogens is 230 g/mol. The maximum atomic E-state index is 5.70. The van der Waals surface area contributed by atoms with Gasteiger partial charge < -0.3 is 10.6 Å². The highest BCUT2D eigenvalue weighted by Gasteiger charge is 2.05. The molecule has 3 nitrogen and oxygen atoms in total. The molecular formula is C13H19N3S. The first kappa shape index (κ1) is 12.3. The molecule has 0 saturated carbocycles. The van der Waals surface area contributed by atoms with Gasteiger partial charge in [-0.25, -0.2) is 4.98 Å². The summed E-state index contributed by atoms with van der Waals surface area (Å²) in [6.45, 7) is 6.57. The van der Waals surface area contributed by atoms with Crippen LogP contribution in [0.2, 0.25) is 0 Å². The van der Waals surface area contributed by atoms with Gasteiger partial charge in [0.15, 0.2) is 5.13 Å². The van der Waals surface area contributed by atoms with E-state index in [1.54, 1.807) is 11.3 Å². The molecule has 0 fully saturated rings. The standard InChI is InChI=1S/C13H19N3S/c1-9(2)7-16(3)8-10-4-5-11-12(6-10)17-13(14)15-11/h4-6,9H,7-8H2,1-3H3,(H2,14,15). The Labute approximate surface area is 106 Å². The fourth-order valence-electron chi connectivity index (χ4n) is 2.08.